The molecule has 0 aliphatic rings. The van der Waals surface area contributed by atoms with Crippen molar-refractivity contribution in [1.82, 2.24) is 14.7 Å². The molecule has 0 aliphatic carbocycles. The van der Waals surface area contributed by atoms with Crippen molar-refractivity contribution >= 4 is 26.8 Å². The maximum absolute atomic E-state index is 13.3. The second-order valence-electron chi connectivity index (χ2n) is 6.61. The molecule has 0 fully saturated rings. The fourth-order valence-electron chi connectivity index (χ4n) is 2.95. The molecule has 4 aromatic rings. The minimum Gasteiger partial charge on any atom is -0.408 e. The van der Waals surface area contributed by atoms with Crippen molar-refractivity contribution in [1.29, 1.82) is 0 Å². The van der Waals surface area contributed by atoms with Crippen LogP contribution in [0.4, 0.5) is 10.1 Å². The van der Waals surface area contributed by atoms with Gasteiger partial charge >= 0.3 is 5.76 Å². The zero-order valence-corrected chi connectivity index (χ0v) is 16.9. The number of hydrogen-bond donors (Lipinski definition) is 1. The summed E-state index contributed by atoms with van der Waals surface area (Å²) in [5.41, 5.74) is 1.17. The van der Waals surface area contributed by atoms with Gasteiger partial charge in [0.25, 0.3) is 10.0 Å². The summed E-state index contributed by atoms with van der Waals surface area (Å²) in [6.45, 7) is 3.47. The van der Waals surface area contributed by atoms with Gasteiger partial charge < -0.3 is 8.94 Å². The molecular weight excluding hydrogens is 415 g/mol. The number of nitrogens with one attached hydrogen (secondary N) is 1. The van der Waals surface area contributed by atoms with E-state index in [0.29, 0.717) is 29.2 Å². The number of halogens is 1. The van der Waals surface area contributed by atoms with Gasteiger partial charge in [-0.25, -0.2) is 17.6 Å². The van der Waals surface area contributed by atoms with E-state index in [1.165, 1.54) is 34.9 Å². The third-order valence-electron chi connectivity index (χ3n) is 4.49. The summed E-state index contributed by atoms with van der Waals surface area (Å²) in [5.74, 6) is -0.388. The lowest BCUT2D eigenvalue weighted by Crippen LogP contribution is -2.16. The van der Waals surface area contributed by atoms with Gasteiger partial charge in [0.15, 0.2) is 11.4 Å². The van der Waals surface area contributed by atoms with Crippen LogP contribution in [-0.4, -0.2) is 23.1 Å². The number of anilines is 1. The Balaban J connectivity index is 1.67. The van der Waals surface area contributed by atoms with Crippen LogP contribution in [0.5, 0.6) is 0 Å². The summed E-state index contributed by atoms with van der Waals surface area (Å²) in [6.07, 6.45) is 0.565. The molecule has 2 aromatic heterocycles. The predicted octanol–water partition coefficient (Wildman–Crippen LogP) is 2.84. The normalized spacial score (nSPS) is 11.8. The molecule has 0 saturated heterocycles. The molecule has 11 heteroatoms. The highest BCUT2D eigenvalue weighted by atomic mass is 32.2. The Morgan fingerprint density at radius 1 is 1.20 bits per heavy atom. The Hall–Kier alpha value is -3.47. The van der Waals surface area contributed by atoms with Crippen molar-refractivity contribution in [3.63, 3.8) is 0 Å². The summed E-state index contributed by atoms with van der Waals surface area (Å²) < 4.78 is 52.7. The van der Waals surface area contributed by atoms with Crippen LogP contribution in [0.2, 0.25) is 0 Å². The van der Waals surface area contributed by atoms with E-state index in [-0.39, 0.29) is 22.7 Å². The summed E-state index contributed by atoms with van der Waals surface area (Å²) in [6, 6.07) is 7.79. The van der Waals surface area contributed by atoms with Crippen LogP contribution in [0.3, 0.4) is 0 Å². The van der Waals surface area contributed by atoms with E-state index < -0.39 is 21.6 Å². The summed E-state index contributed by atoms with van der Waals surface area (Å²) in [5, 5.41) is 3.81. The third kappa shape index (κ3) is 3.71. The van der Waals surface area contributed by atoms with Gasteiger partial charge in [0.2, 0.25) is 5.89 Å². The Morgan fingerprint density at radius 2 is 2.00 bits per heavy atom. The standard InChI is InChI=1S/C19H17FN4O5S/c1-3-18-21-17(22-29-18)10-24-15-7-5-13(9-16(15)28-19(24)25)30(26,27)23-14-6-4-12(20)8-11(14)2/h4-9,23H,3,10H2,1-2H3. The second kappa shape index (κ2) is 7.41. The number of aryl methyl sites for hydroxylation is 2. The fraction of sp³-hybridized carbons (Fsp3) is 0.211. The van der Waals surface area contributed by atoms with Gasteiger partial charge in [-0.3, -0.25) is 9.29 Å². The molecule has 2 aromatic carbocycles. The van der Waals surface area contributed by atoms with E-state index in [1.807, 2.05) is 6.92 Å². The lowest BCUT2D eigenvalue weighted by Gasteiger charge is -2.10. The van der Waals surface area contributed by atoms with E-state index in [4.69, 9.17) is 8.94 Å². The number of fused-ring (bicyclic) bond motifs is 1. The van der Waals surface area contributed by atoms with E-state index in [9.17, 15) is 17.6 Å². The molecule has 156 valence electrons. The Morgan fingerprint density at radius 3 is 2.70 bits per heavy atom. The van der Waals surface area contributed by atoms with Crippen molar-refractivity contribution in [2.24, 2.45) is 0 Å². The Kier molecular flexibility index (Phi) is 4.90. The molecule has 0 aliphatic heterocycles. The highest BCUT2D eigenvalue weighted by Gasteiger charge is 2.19. The summed E-state index contributed by atoms with van der Waals surface area (Å²) in [4.78, 5) is 16.3. The number of aromatic nitrogens is 3. The van der Waals surface area contributed by atoms with Crippen LogP contribution in [0.25, 0.3) is 11.1 Å². The summed E-state index contributed by atoms with van der Waals surface area (Å²) >= 11 is 0. The molecule has 30 heavy (non-hydrogen) atoms. The van der Waals surface area contributed by atoms with Gasteiger partial charge in [-0.2, -0.15) is 4.98 Å². The smallest absolute Gasteiger partial charge is 0.408 e. The molecule has 0 unspecified atom stereocenters. The largest absolute Gasteiger partial charge is 0.420 e. The van der Waals surface area contributed by atoms with Gasteiger partial charge in [-0.1, -0.05) is 12.1 Å². The average Bonchev–Trinajstić information content (AvgIpc) is 3.28. The lowest BCUT2D eigenvalue weighted by molar-refractivity contribution is 0.375. The number of oxazole rings is 1. The fourth-order valence-corrected chi connectivity index (χ4v) is 4.09. The van der Waals surface area contributed by atoms with Crippen molar-refractivity contribution in [3.8, 4) is 0 Å². The minimum absolute atomic E-state index is 0.0223. The number of rotatable bonds is 6. The molecule has 9 nitrogen and oxygen atoms in total. The van der Waals surface area contributed by atoms with Crippen molar-refractivity contribution in [2.45, 2.75) is 31.7 Å². The van der Waals surface area contributed by atoms with Gasteiger partial charge in [-0.05, 0) is 42.8 Å². The van der Waals surface area contributed by atoms with Gasteiger partial charge in [0.05, 0.1) is 22.6 Å². The van der Waals surface area contributed by atoms with E-state index >= 15 is 0 Å². The van der Waals surface area contributed by atoms with Gasteiger partial charge in [0.1, 0.15) is 5.82 Å². The maximum Gasteiger partial charge on any atom is 0.420 e. The topological polar surface area (TPSA) is 120 Å². The number of benzene rings is 2. The molecule has 1 N–H and O–H groups in total. The molecule has 4 rings (SSSR count). The van der Waals surface area contributed by atoms with Crippen LogP contribution in [0.1, 0.15) is 24.2 Å². The van der Waals surface area contributed by atoms with E-state index in [2.05, 4.69) is 14.9 Å². The predicted molar refractivity (Wildman–Crippen MR) is 105 cm³/mol. The molecule has 0 saturated carbocycles. The molecule has 0 radical (unpaired) electrons. The lowest BCUT2D eigenvalue weighted by atomic mass is 10.2. The minimum atomic E-state index is -3.99. The highest BCUT2D eigenvalue weighted by Crippen LogP contribution is 2.23. The quantitative estimate of drug-likeness (QED) is 0.497. The first-order valence-electron chi connectivity index (χ1n) is 9.00. The molecule has 0 atom stereocenters. The first-order valence-corrected chi connectivity index (χ1v) is 10.5. The van der Waals surface area contributed by atoms with Crippen molar-refractivity contribution in [2.75, 3.05) is 4.72 Å². The second-order valence-corrected chi connectivity index (χ2v) is 8.29. The average molecular weight is 432 g/mol. The molecule has 0 spiro atoms. The molecule has 0 amide bonds. The van der Waals surface area contributed by atoms with Crippen molar-refractivity contribution in [3.05, 3.63) is 70.0 Å². The first-order chi connectivity index (χ1) is 14.3. The molecule has 0 bridgehead atoms. The summed E-state index contributed by atoms with van der Waals surface area (Å²) in [7, 11) is -3.99. The SMILES string of the molecule is CCc1nc(Cn2c(=O)oc3cc(S(=O)(=O)Nc4ccc(F)cc4C)ccc32)no1. The first kappa shape index (κ1) is 19.8. The highest BCUT2D eigenvalue weighted by molar-refractivity contribution is 7.92. The monoisotopic (exact) mass is 432 g/mol. The number of nitrogens with zero attached hydrogens (tertiary/aromatic N) is 3. The van der Waals surface area contributed by atoms with E-state index in [1.54, 1.807) is 6.92 Å². The van der Waals surface area contributed by atoms with Gasteiger partial charge in [0, 0.05) is 12.5 Å². The van der Waals surface area contributed by atoms with Crippen molar-refractivity contribution < 1.29 is 21.7 Å². The zero-order valence-electron chi connectivity index (χ0n) is 16.0. The van der Waals surface area contributed by atoms with Crippen LogP contribution in [0, 0.1) is 12.7 Å². The van der Waals surface area contributed by atoms with Crippen LogP contribution in [0.15, 0.2) is 55.0 Å². The third-order valence-corrected chi connectivity index (χ3v) is 5.86. The van der Waals surface area contributed by atoms with Crippen LogP contribution >= 0.6 is 0 Å². The number of hydrogen-bond acceptors (Lipinski definition) is 7. The van der Waals surface area contributed by atoms with E-state index in [0.717, 1.165) is 6.07 Å². The number of sulfonamides is 1. The molecular formula is C19H17FN4O5S. The Labute approximate surface area is 170 Å². The van der Waals surface area contributed by atoms with Crippen LogP contribution < -0.4 is 10.5 Å². The van der Waals surface area contributed by atoms with Crippen LogP contribution in [-0.2, 0) is 23.0 Å². The zero-order chi connectivity index (χ0) is 21.5. The maximum atomic E-state index is 13.3. The van der Waals surface area contributed by atoms with Gasteiger partial charge in [-0.15, -0.1) is 0 Å². The Bertz CT molecular complexity index is 1400. The molecule has 2 heterocycles.